The lowest BCUT2D eigenvalue weighted by molar-refractivity contribution is 0.214. The number of benzene rings is 3. The zero-order valence-electron chi connectivity index (χ0n) is 62.5. The largest absolute Gasteiger partial charge is 0.493 e. The summed E-state index contributed by atoms with van der Waals surface area (Å²) in [6, 6.07) is 25.8. The number of hydrogen-bond donors (Lipinski definition) is 0. The van der Waals surface area contributed by atoms with E-state index in [-0.39, 0.29) is 0 Å². The molecule has 3 rings (SSSR count). The molecular formula is C88H144N2O4. The average Bonchev–Trinajstić information content (AvgIpc) is 0.864. The van der Waals surface area contributed by atoms with Crippen molar-refractivity contribution in [3.63, 3.8) is 0 Å². The van der Waals surface area contributed by atoms with Crippen LogP contribution in [0.4, 0.5) is 0 Å². The van der Waals surface area contributed by atoms with Crippen molar-refractivity contribution < 1.29 is 18.9 Å². The summed E-state index contributed by atoms with van der Waals surface area (Å²) in [4.78, 5) is 0. The quantitative estimate of drug-likeness (QED) is 0.0318. The lowest BCUT2D eigenvalue weighted by Crippen LogP contribution is -2.15. The summed E-state index contributed by atoms with van der Waals surface area (Å²) in [5, 5.41) is 22.4. The maximum absolute atomic E-state index is 11.2. The third kappa shape index (κ3) is 38.9. The Labute approximate surface area is 581 Å². The summed E-state index contributed by atoms with van der Waals surface area (Å²) < 4.78 is 28.0. The number of nitrogens with zero attached hydrogens (tertiary/aromatic N) is 2. The highest BCUT2D eigenvalue weighted by Crippen LogP contribution is 2.38. The van der Waals surface area contributed by atoms with Gasteiger partial charge in [-0.25, -0.2) is 0 Å². The fourth-order valence-electron chi connectivity index (χ4n) is 13.7. The van der Waals surface area contributed by atoms with Crippen molar-refractivity contribution in [2.75, 3.05) is 26.4 Å². The molecule has 0 aliphatic heterocycles. The molecule has 94 heavy (non-hydrogen) atoms. The van der Waals surface area contributed by atoms with Gasteiger partial charge in [0.1, 0.15) is 23.0 Å². The maximum Gasteiger partial charge on any atom is 0.130 e. The van der Waals surface area contributed by atoms with E-state index in [0.29, 0.717) is 61.2 Å². The molecular weight excluding hydrogens is 1150 g/mol. The van der Waals surface area contributed by atoms with Crippen LogP contribution < -0.4 is 18.9 Å². The lowest BCUT2D eigenvalue weighted by Gasteiger charge is -2.22. The van der Waals surface area contributed by atoms with Gasteiger partial charge in [0.15, 0.2) is 0 Å². The first-order valence-electron chi connectivity index (χ1n) is 40.4. The zero-order valence-corrected chi connectivity index (χ0v) is 62.5. The average molecular weight is 1290 g/mol. The molecule has 0 radical (unpaired) electrons. The molecule has 4 atom stereocenters. The van der Waals surface area contributed by atoms with E-state index >= 15 is 0 Å². The first-order chi connectivity index (χ1) is 46.3. The minimum absolute atomic E-state index is 0.472. The van der Waals surface area contributed by atoms with E-state index in [0.717, 1.165) is 45.3 Å². The first kappa shape index (κ1) is 83.5. The van der Waals surface area contributed by atoms with Crippen LogP contribution in [0, 0.1) is 46.3 Å². The minimum atomic E-state index is 0.472. The highest BCUT2D eigenvalue weighted by molar-refractivity contribution is 5.94. The molecule has 0 bridgehead atoms. The molecule has 3 aromatic rings. The molecule has 0 fully saturated rings. The molecule has 0 aromatic heterocycles. The van der Waals surface area contributed by atoms with Gasteiger partial charge in [0, 0.05) is 0 Å². The van der Waals surface area contributed by atoms with E-state index in [1.54, 1.807) is 0 Å². The summed E-state index contributed by atoms with van der Waals surface area (Å²) in [6.07, 6.45) is 64.5. The Kier molecular flexibility index (Phi) is 52.0. The first-order valence-corrected chi connectivity index (χ1v) is 40.4. The monoisotopic (exact) mass is 1290 g/mol. The standard InChI is InChI=1S/C88H144N2O4/c1-9-17-25-33-37-45-55-75(51-41-29-21-13-5)71-91-85-59-49-60-86(92-72-76(52-42-30-22-14-6)56-46-38-34-26-18-10-2)83(85)67-81(69-89)79-63-65-80(66-64-79)82(70-90)68-84-87(93-73-77(53-43-31-23-15-7)57-47-39-35-27-19-11-3)61-50-62-88(84)94-74-78(54-44-32-24-16-8)58-48-40-36-28-20-12-4/h49-50,59-68,75-78H,9-48,51-58,71-74H2,1-8H3/b81-67+,82-68+. The van der Waals surface area contributed by atoms with E-state index in [9.17, 15) is 10.5 Å². The fraction of sp³-hybridized carbons (Fsp3) is 0.727. The van der Waals surface area contributed by atoms with E-state index in [1.807, 2.05) is 36.4 Å². The Bertz CT molecular complexity index is 2130. The molecule has 0 heterocycles. The van der Waals surface area contributed by atoms with Gasteiger partial charge in [-0.2, -0.15) is 10.5 Å². The lowest BCUT2D eigenvalue weighted by atomic mass is 9.94. The molecule has 0 N–H and O–H groups in total. The second kappa shape index (κ2) is 58.5. The summed E-state index contributed by atoms with van der Waals surface area (Å²) in [5.41, 5.74) is 4.32. The van der Waals surface area contributed by atoms with Gasteiger partial charge in [0.2, 0.25) is 0 Å². The molecule has 0 spiro atoms. The van der Waals surface area contributed by atoms with Crippen LogP contribution >= 0.6 is 0 Å². The van der Waals surface area contributed by atoms with Crippen LogP contribution in [-0.4, -0.2) is 26.4 Å². The van der Waals surface area contributed by atoms with Gasteiger partial charge >= 0.3 is 0 Å². The Balaban J connectivity index is 2.14. The van der Waals surface area contributed by atoms with Gasteiger partial charge in [-0.1, -0.05) is 349 Å². The second-order valence-corrected chi connectivity index (χ2v) is 28.6. The van der Waals surface area contributed by atoms with Crippen LogP contribution in [0.15, 0.2) is 60.7 Å². The molecule has 0 saturated carbocycles. The Morgan fingerprint density at radius 2 is 0.457 bits per heavy atom. The number of allylic oxidation sites excluding steroid dienone is 2. The zero-order chi connectivity index (χ0) is 67.6. The number of hydrogen-bond acceptors (Lipinski definition) is 6. The molecule has 0 amide bonds. The molecule has 0 saturated heterocycles. The van der Waals surface area contributed by atoms with E-state index < -0.39 is 0 Å². The predicted molar refractivity (Wildman–Crippen MR) is 409 cm³/mol. The molecule has 0 aliphatic carbocycles. The van der Waals surface area contributed by atoms with Gasteiger partial charge < -0.3 is 18.9 Å². The van der Waals surface area contributed by atoms with Gasteiger partial charge in [-0.3, -0.25) is 0 Å². The van der Waals surface area contributed by atoms with Crippen LogP contribution in [0.3, 0.4) is 0 Å². The van der Waals surface area contributed by atoms with Crippen molar-refractivity contribution in [2.24, 2.45) is 23.7 Å². The summed E-state index contributed by atoms with van der Waals surface area (Å²) in [7, 11) is 0. The smallest absolute Gasteiger partial charge is 0.130 e. The second-order valence-electron chi connectivity index (χ2n) is 28.6. The van der Waals surface area contributed by atoms with Crippen molar-refractivity contribution in [1.82, 2.24) is 0 Å². The number of ether oxygens (including phenoxy) is 4. The van der Waals surface area contributed by atoms with Crippen molar-refractivity contribution in [3.8, 4) is 35.1 Å². The van der Waals surface area contributed by atoms with Crippen molar-refractivity contribution in [3.05, 3.63) is 82.9 Å². The molecule has 4 unspecified atom stereocenters. The van der Waals surface area contributed by atoms with Crippen LogP contribution in [-0.2, 0) is 0 Å². The van der Waals surface area contributed by atoms with Gasteiger partial charge in [-0.15, -0.1) is 0 Å². The van der Waals surface area contributed by atoms with Gasteiger partial charge in [0.25, 0.3) is 0 Å². The fourth-order valence-corrected chi connectivity index (χ4v) is 13.7. The van der Waals surface area contributed by atoms with Crippen molar-refractivity contribution in [2.45, 2.75) is 364 Å². The number of rotatable bonds is 64. The summed E-state index contributed by atoms with van der Waals surface area (Å²) in [6.45, 7) is 21.0. The van der Waals surface area contributed by atoms with Crippen LogP contribution in [0.2, 0.25) is 0 Å². The molecule has 6 nitrogen and oxygen atoms in total. The highest BCUT2D eigenvalue weighted by Gasteiger charge is 2.21. The molecule has 6 heteroatoms. The molecule has 0 aliphatic rings. The Hall–Kier alpha value is -4.68. The normalized spacial score (nSPS) is 13.1. The van der Waals surface area contributed by atoms with E-state index in [1.165, 1.54) is 308 Å². The number of nitriles is 2. The van der Waals surface area contributed by atoms with Crippen LogP contribution in [0.5, 0.6) is 23.0 Å². The molecule has 3 aromatic carbocycles. The molecule has 530 valence electrons. The maximum atomic E-state index is 11.2. The van der Waals surface area contributed by atoms with Crippen LogP contribution in [0.1, 0.15) is 386 Å². The predicted octanol–water partition coefficient (Wildman–Crippen LogP) is 28.7. The van der Waals surface area contributed by atoms with Crippen LogP contribution in [0.25, 0.3) is 23.3 Å². The van der Waals surface area contributed by atoms with Gasteiger partial charge in [-0.05, 0) is 123 Å². The van der Waals surface area contributed by atoms with Crippen molar-refractivity contribution in [1.29, 1.82) is 10.5 Å². The summed E-state index contributed by atoms with van der Waals surface area (Å²) >= 11 is 0. The SMILES string of the molecule is CCCCCCCCC(CCCCCC)COc1cccc(OCC(CCCCCC)CCCCCCCC)c1/C=C(\C#N)c1ccc(/C(C#N)=C/c2c(OCC(CCCCCC)CCCCCCCC)cccc2OCC(CCCCCC)CCCCCCCC)cc1. The van der Waals surface area contributed by atoms with E-state index in [2.05, 4.69) is 104 Å². The third-order valence-electron chi connectivity index (χ3n) is 20.0. The third-order valence-corrected chi connectivity index (χ3v) is 20.0. The Morgan fingerprint density at radius 3 is 0.649 bits per heavy atom. The van der Waals surface area contributed by atoms with Gasteiger partial charge in [0.05, 0.1) is 60.8 Å². The van der Waals surface area contributed by atoms with E-state index in [4.69, 9.17) is 18.9 Å². The highest BCUT2D eigenvalue weighted by atomic mass is 16.5. The number of unbranched alkanes of at least 4 members (excludes halogenated alkanes) is 32. The Morgan fingerprint density at radius 1 is 0.277 bits per heavy atom. The minimum Gasteiger partial charge on any atom is -0.493 e. The topological polar surface area (TPSA) is 84.5 Å². The van der Waals surface area contributed by atoms with Crippen molar-refractivity contribution >= 4 is 23.3 Å². The summed E-state index contributed by atoms with van der Waals surface area (Å²) in [5.74, 6) is 5.01.